The molecule has 162 valence electrons. The highest BCUT2D eigenvalue weighted by Crippen LogP contribution is 2.39. The van der Waals surface area contributed by atoms with Gasteiger partial charge in [-0.3, -0.25) is 14.2 Å². The second-order valence-electron chi connectivity index (χ2n) is 8.33. The SMILES string of the molecule is Cc1ccc(OCCN(C)C(=O)[C@H]2[C@@H]3CNC[C@@H](C3)c3cccc(=O)n32)c(C)c1.Cl. The lowest BCUT2D eigenvalue weighted by molar-refractivity contribution is -0.136. The van der Waals surface area contributed by atoms with Gasteiger partial charge in [-0.2, -0.15) is 0 Å². The summed E-state index contributed by atoms with van der Waals surface area (Å²) in [6.07, 6.45) is 0.944. The molecule has 2 aliphatic heterocycles. The number of nitrogens with one attached hydrogen (secondary N) is 1. The molecule has 1 aromatic heterocycles. The first-order valence-corrected chi connectivity index (χ1v) is 10.3. The number of carbonyl (C=O) groups is 1. The van der Waals surface area contributed by atoms with E-state index >= 15 is 0 Å². The number of amides is 1. The normalized spacial score (nSPS) is 21.9. The van der Waals surface area contributed by atoms with Gasteiger partial charge in [0.05, 0.1) is 6.54 Å². The minimum atomic E-state index is -0.450. The second kappa shape index (κ2) is 9.23. The van der Waals surface area contributed by atoms with Crippen molar-refractivity contribution in [3.05, 3.63) is 63.6 Å². The summed E-state index contributed by atoms with van der Waals surface area (Å²) in [7, 11) is 1.80. The molecule has 4 rings (SSSR count). The number of nitrogens with zero attached hydrogens (tertiary/aromatic N) is 2. The van der Waals surface area contributed by atoms with Crippen molar-refractivity contribution >= 4 is 18.3 Å². The third-order valence-electron chi connectivity index (χ3n) is 6.19. The zero-order chi connectivity index (χ0) is 20.5. The maximum Gasteiger partial charge on any atom is 0.251 e. The summed E-state index contributed by atoms with van der Waals surface area (Å²) in [5.41, 5.74) is 3.17. The Balaban J connectivity index is 0.00000256. The van der Waals surface area contributed by atoms with Crippen LogP contribution in [-0.2, 0) is 4.79 Å². The number of ether oxygens (including phenoxy) is 1. The van der Waals surface area contributed by atoms with E-state index in [-0.39, 0.29) is 29.8 Å². The van der Waals surface area contributed by atoms with Gasteiger partial charge >= 0.3 is 0 Å². The van der Waals surface area contributed by atoms with Gasteiger partial charge in [0.25, 0.3) is 5.56 Å². The van der Waals surface area contributed by atoms with E-state index in [4.69, 9.17) is 4.74 Å². The molecule has 0 aliphatic carbocycles. The third kappa shape index (κ3) is 4.25. The average molecular weight is 432 g/mol. The highest BCUT2D eigenvalue weighted by Gasteiger charge is 2.42. The maximum absolute atomic E-state index is 13.3. The fourth-order valence-corrected chi connectivity index (χ4v) is 4.70. The van der Waals surface area contributed by atoms with Gasteiger partial charge < -0.3 is 15.0 Å². The molecule has 3 atom stereocenters. The number of piperidine rings is 1. The Kier molecular flexibility index (Phi) is 6.88. The van der Waals surface area contributed by atoms with Crippen LogP contribution < -0.4 is 15.6 Å². The van der Waals surface area contributed by atoms with Crippen LogP contribution in [-0.4, -0.2) is 48.7 Å². The Hall–Kier alpha value is -2.31. The summed E-state index contributed by atoms with van der Waals surface area (Å²) in [5.74, 6) is 1.26. The lowest BCUT2D eigenvalue weighted by Gasteiger charge is -2.43. The van der Waals surface area contributed by atoms with Gasteiger partial charge in [0, 0.05) is 43.7 Å². The number of rotatable bonds is 5. The van der Waals surface area contributed by atoms with Crippen LogP contribution in [0.4, 0.5) is 0 Å². The molecule has 2 bridgehead atoms. The summed E-state index contributed by atoms with van der Waals surface area (Å²) >= 11 is 0. The number of likely N-dealkylation sites (N-methyl/N-ethyl adjacent to an activating group) is 1. The number of aromatic nitrogens is 1. The fraction of sp³-hybridized carbons (Fsp3) is 0.478. The van der Waals surface area contributed by atoms with E-state index in [1.165, 1.54) is 5.56 Å². The van der Waals surface area contributed by atoms with E-state index < -0.39 is 6.04 Å². The standard InChI is InChI=1S/C23H29N3O3.ClH/c1-15-7-8-20(16(2)11-15)29-10-9-25(3)23(28)22-18-12-17(13-24-14-18)19-5-4-6-21(27)26(19)22;/h4-8,11,17-18,22,24H,9-10,12-14H2,1-3H3;1H/t17-,18+,22-;/m1./s1. The van der Waals surface area contributed by atoms with E-state index in [1.54, 1.807) is 28.6 Å². The molecule has 0 saturated carbocycles. The molecule has 2 aliphatic rings. The van der Waals surface area contributed by atoms with Crippen molar-refractivity contribution in [1.29, 1.82) is 0 Å². The van der Waals surface area contributed by atoms with E-state index in [9.17, 15) is 9.59 Å². The fourth-order valence-electron chi connectivity index (χ4n) is 4.70. The minimum Gasteiger partial charge on any atom is -0.491 e. The predicted molar refractivity (Wildman–Crippen MR) is 120 cm³/mol. The predicted octanol–water partition coefficient (Wildman–Crippen LogP) is 2.67. The van der Waals surface area contributed by atoms with Crippen LogP contribution in [0.5, 0.6) is 5.75 Å². The van der Waals surface area contributed by atoms with E-state index in [0.29, 0.717) is 19.1 Å². The number of hydrogen-bond donors (Lipinski definition) is 1. The van der Waals surface area contributed by atoms with Gasteiger partial charge in [-0.25, -0.2) is 0 Å². The molecule has 1 aromatic carbocycles. The van der Waals surface area contributed by atoms with Crippen LogP contribution in [0.3, 0.4) is 0 Å². The van der Waals surface area contributed by atoms with Crippen molar-refractivity contribution in [2.45, 2.75) is 32.2 Å². The van der Waals surface area contributed by atoms with E-state index in [2.05, 4.69) is 18.3 Å². The van der Waals surface area contributed by atoms with Crippen LogP contribution >= 0.6 is 12.4 Å². The van der Waals surface area contributed by atoms with Crippen molar-refractivity contribution in [2.24, 2.45) is 5.92 Å². The quantitative estimate of drug-likeness (QED) is 0.790. The molecule has 6 nitrogen and oxygen atoms in total. The van der Waals surface area contributed by atoms with Gasteiger partial charge in [-0.1, -0.05) is 23.8 Å². The molecule has 1 fully saturated rings. The zero-order valence-electron chi connectivity index (χ0n) is 17.8. The van der Waals surface area contributed by atoms with E-state index in [1.807, 2.05) is 25.1 Å². The van der Waals surface area contributed by atoms with Gasteiger partial charge in [0.1, 0.15) is 18.4 Å². The Bertz CT molecular complexity index is 974. The van der Waals surface area contributed by atoms with Crippen molar-refractivity contribution < 1.29 is 9.53 Å². The molecule has 3 heterocycles. The molecule has 30 heavy (non-hydrogen) atoms. The van der Waals surface area contributed by atoms with Crippen molar-refractivity contribution in [3.8, 4) is 5.75 Å². The highest BCUT2D eigenvalue weighted by molar-refractivity contribution is 5.85. The van der Waals surface area contributed by atoms with Crippen molar-refractivity contribution in [3.63, 3.8) is 0 Å². The maximum atomic E-state index is 13.3. The number of benzene rings is 1. The lowest BCUT2D eigenvalue weighted by Crippen LogP contribution is -2.52. The Morgan fingerprint density at radius 1 is 1.23 bits per heavy atom. The van der Waals surface area contributed by atoms with Crippen molar-refractivity contribution in [1.82, 2.24) is 14.8 Å². The summed E-state index contributed by atoms with van der Waals surface area (Å²) in [6, 6.07) is 11.0. The van der Waals surface area contributed by atoms with Crippen LogP contribution in [0.25, 0.3) is 0 Å². The summed E-state index contributed by atoms with van der Waals surface area (Å²) in [4.78, 5) is 27.7. The van der Waals surface area contributed by atoms with Gasteiger partial charge in [-0.05, 0) is 38.0 Å². The zero-order valence-corrected chi connectivity index (χ0v) is 18.6. The Morgan fingerprint density at radius 3 is 2.80 bits per heavy atom. The van der Waals surface area contributed by atoms with Crippen LogP contribution in [0.2, 0.25) is 0 Å². The van der Waals surface area contributed by atoms with Gasteiger partial charge in [-0.15, -0.1) is 12.4 Å². The average Bonchev–Trinajstić information content (AvgIpc) is 2.70. The molecule has 7 heteroatoms. The molecular formula is C23H30ClN3O3. The summed E-state index contributed by atoms with van der Waals surface area (Å²) < 4.78 is 7.64. The van der Waals surface area contributed by atoms with Crippen molar-refractivity contribution in [2.75, 3.05) is 33.3 Å². The second-order valence-corrected chi connectivity index (χ2v) is 8.33. The largest absolute Gasteiger partial charge is 0.491 e. The van der Waals surface area contributed by atoms with Crippen LogP contribution in [0.1, 0.15) is 35.2 Å². The van der Waals surface area contributed by atoms with Gasteiger partial charge in [0.15, 0.2) is 0 Å². The molecular weight excluding hydrogens is 402 g/mol. The topological polar surface area (TPSA) is 63.6 Å². The number of hydrogen-bond acceptors (Lipinski definition) is 4. The highest BCUT2D eigenvalue weighted by atomic mass is 35.5. The molecule has 1 amide bonds. The lowest BCUT2D eigenvalue weighted by atomic mass is 9.79. The Labute approximate surface area is 183 Å². The van der Waals surface area contributed by atoms with Crippen LogP contribution in [0, 0.1) is 19.8 Å². The molecule has 1 N–H and O–H groups in total. The molecule has 0 unspecified atom stereocenters. The molecule has 1 saturated heterocycles. The first-order chi connectivity index (χ1) is 14.0. The summed E-state index contributed by atoms with van der Waals surface area (Å²) in [6.45, 7) is 6.60. The minimum absolute atomic E-state index is 0. The monoisotopic (exact) mass is 431 g/mol. The number of fused-ring (bicyclic) bond motifs is 4. The Morgan fingerprint density at radius 2 is 2.03 bits per heavy atom. The third-order valence-corrected chi connectivity index (χ3v) is 6.19. The van der Waals surface area contributed by atoms with Gasteiger partial charge in [0.2, 0.25) is 5.91 Å². The number of carbonyl (C=O) groups excluding carboxylic acids is 1. The number of aryl methyl sites for hydroxylation is 2. The molecule has 0 spiro atoms. The summed E-state index contributed by atoms with van der Waals surface area (Å²) in [5, 5.41) is 3.44. The van der Waals surface area contributed by atoms with E-state index in [0.717, 1.165) is 36.5 Å². The van der Waals surface area contributed by atoms with Crippen LogP contribution in [0.15, 0.2) is 41.2 Å². The number of pyridine rings is 1. The first-order valence-electron chi connectivity index (χ1n) is 10.3. The first kappa shape index (κ1) is 22.4. The number of halogens is 1. The smallest absolute Gasteiger partial charge is 0.251 e. The molecule has 0 radical (unpaired) electrons. The molecule has 2 aromatic rings.